The zero-order valence-electron chi connectivity index (χ0n) is 20.1. The molecule has 1 heterocycles. The summed E-state index contributed by atoms with van der Waals surface area (Å²) in [6.45, 7) is 14.6. The first kappa shape index (κ1) is 24.7. The van der Waals surface area contributed by atoms with Crippen LogP contribution in [0.4, 0.5) is 10.5 Å². The molecule has 0 fully saturated rings. The van der Waals surface area contributed by atoms with Gasteiger partial charge in [-0.25, -0.2) is 9.59 Å². The van der Waals surface area contributed by atoms with Crippen LogP contribution in [0.3, 0.4) is 0 Å². The summed E-state index contributed by atoms with van der Waals surface area (Å²) in [5, 5.41) is 10.7. The summed E-state index contributed by atoms with van der Waals surface area (Å²) in [4.78, 5) is 27.6. The molecule has 7 heteroatoms. The number of aliphatic hydroxyl groups is 1. The normalized spacial score (nSPS) is 13.4. The van der Waals surface area contributed by atoms with E-state index >= 15 is 0 Å². The summed E-state index contributed by atoms with van der Waals surface area (Å²) < 4.78 is 12.6. The van der Waals surface area contributed by atoms with Crippen molar-refractivity contribution in [2.75, 3.05) is 11.9 Å². The Balaban J connectivity index is 2.59. The maximum Gasteiger partial charge on any atom is 0.419 e. The van der Waals surface area contributed by atoms with Gasteiger partial charge in [-0.1, -0.05) is 19.9 Å². The molecule has 2 aromatic rings. The fourth-order valence-electron chi connectivity index (χ4n) is 3.61. The zero-order valence-corrected chi connectivity index (χ0v) is 20.1. The number of hydrogen-bond acceptors (Lipinski definition) is 6. The smallest absolute Gasteiger partial charge is 0.419 e. The van der Waals surface area contributed by atoms with Crippen LogP contribution in [0, 0.1) is 5.92 Å². The van der Waals surface area contributed by atoms with Crippen LogP contribution in [0.1, 0.15) is 61.0 Å². The van der Waals surface area contributed by atoms with E-state index in [1.54, 1.807) is 33.0 Å². The molecule has 0 radical (unpaired) electrons. The number of aliphatic hydroxyl groups excluding tert-OH is 1. The van der Waals surface area contributed by atoms with Crippen LogP contribution in [0.25, 0.3) is 10.9 Å². The highest BCUT2D eigenvalue weighted by atomic mass is 16.6. The van der Waals surface area contributed by atoms with Crippen LogP contribution in [0.5, 0.6) is 0 Å². The van der Waals surface area contributed by atoms with Crippen molar-refractivity contribution in [1.29, 1.82) is 0 Å². The SMILES string of the molecule is CC(C)[C@@H](C(=O)OC(C)(C)C)N(C)c1cccc2c1c(CO)cn2C(=O)OC(C)(C)C. The van der Waals surface area contributed by atoms with Gasteiger partial charge in [-0.05, 0) is 59.6 Å². The van der Waals surface area contributed by atoms with E-state index in [-0.39, 0.29) is 18.5 Å². The van der Waals surface area contributed by atoms with Crippen molar-refractivity contribution in [3.05, 3.63) is 30.0 Å². The van der Waals surface area contributed by atoms with Gasteiger partial charge in [0, 0.05) is 29.9 Å². The zero-order chi connectivity index (χ0) is 23.7. The number of carbonyl (C=O) groups excluding carboxylic acids is 2. The molecule has 0 unspecified atom stereocenters. The molecule has 2 rings (SSSR count). The number of fused-ring (bicyclic) bond motifs is 1. The first-order chi connectivity index (χ1) is 14.2. The second kappa shape index (κ2) is 8.91. The third-order valence-corrected chi connectivity index (χ3v) is 4.72. The molecule has 1 aromatic heterocycles. The van der Waals surface area contributed by atoms with Gasteiger partial charge < -0.3 is 19.5 Å². The molecular weight excluding hydrogens is 396 g/mol. The van der Waals surface area contributed by atoms with Gasteiger partial charge in [0.05, 0.1) is 12.1 Å². The number of aromatic nitrogens is 1. The number of rotatable bonds is 5. The maximum atomic E-state index is 13.0. The average molecular weight is 433 g/mol. The van der Waals surface area contributed by atoms with Crippen LogP contribution >= 0.6 is 0 Å². The Kier molecular flexibility index (Phi) is 7.10. The second-order valence-electron chi connectivity index (χ2n) is 10.2. The van der Waals surface area contributed by atoms with Crippen molar-refractivity contribution in [1.82, 2.24) is 4.57 Å². The predicted molar refractivity (Wildman–Crippen MR) is 122 cm³/mol. The first-order valence-electron chi connectivity index (χ1n) is 10.6. The van der Waals surface area contributed by atoms with Crippen molar-refractivity contribution in [3.8, 4) is 0 Å². The molecule has 0 aliphatic heterocycles. The number of hydrogen-bond donors (Lipinski definition) is 1. The lowest BCUT2D eigenvalue weighted by Crippen LogP contribution is -2.46. The summed E-state index contributed by atoms with van der Waals surface area (Å²) in [5.41, 5.74) is 0.659. The average Bonchev–Trinajstić information content (AvgIpc) is 2.97. The molecule has 0 saturated heterocycles. The third kappa shape index (κ3) is 5.79. The van der Waals surface area contributed by atoms with Gasteiger partial charge in [-0.15, -0.1) is 0 Å². The van der Waals surface area contributed by atoms with Crippen molar-refractivity contribution in [3.63, 3.8) is 0 Å². The lowest BCUT2D eigenvalue weighted by Gasteiger charge is -2.34. The monoisotopic (exact) mass is 432 g/mol. The Morgan fingerprint density at radius 3 is 2.13 bits per heavy atom. The number of likely N-dealkylation sites (N-methyl/N-ethyl adjacent to an activating group) is 1. The highest BCUT2D eigenvalue weighted by molar-refractivity contribution is 6.01. The van der Waals surface area contributed by atoms with E-state index in [9.17, 15) is 14.7 Å². The molecule has 0 saturated carbocycles. The van der Waals surface area contributed by atoms with Crippen LogP contribution < -0.4 is 4.90 Å². The first-order valence-corrected chi connectivity index (χ1v) is 10.6. The Hall–Kier alpha value is -2.54. The van der Waals surface area contributed by atoms with Gasteiger partial charge in [0.25, 0.3) is 0 Å². The number of esters is 1. The summed E-state index contributed by atoms with van der Waals surface area (Å²) >= 11 is 0. The van der Waals surface area contributed by atoms with Gasteiger partial charge in [0.15, 0.2) is 0 Å². The number of carbonyl (C=O) groups is 2. The highest BCUT2D eigenvalue weighted by Gasteiger charge is 2.33. The van der Waals surface area contributed by atoms with Crippen molar-refractivity contribution >= 4 is 28.7 Å². The molecule has 0 bridgehead atoms. The fourth-order valence-corrected chi connectivity index (χ4v) is 3.61. The Bertz CT molecular complexity index is 947. The van der Waals surface area contributed by atoms with E-state index in [0.29, 0.717) is 16.5 Å². The Morgan fingerprint density at radius 1 is 1.06 bits per heavy atom. The third-order valence-electron chi connectivity index (χ3n) is 4.72. The van der Waals surface area contributed by atoms with E-state index < -0.39 is 23.3 Å². The van der Waals surface area contributed by atoms with Crippen LogP contribution in [-0.4, -0.2) is 46.0 Å². The lowest BCUT2D eigenvalue weighted by atomic mass is 10.0. The molecule has 1 aromatic carbocycles. The fraction of sp³-hybridized carbons (Fsp3) is 0.583. The van der Waals surface area contributed by atoms with Crippen LogP contribution in [0.2, 0.25) is 0 Å². The number of ether oxygens (including phenoxy) is 2. The molecule has 1 atom stereocenters. The van der Waals surface area contributed by atoms with Gasteiger partial charge in [0.1, 0.15) is 17.2 Å². The molecule has 0 aliphatic rings. The van der Waals surface area contributed by atoms with Gasteiger partial charge in [0.2, 0.25) is 0 Å². The highest BCUT2D eigenvalue weighted by Crippen LogP contribution is 2.34. The molecule has 0 spiro atoms. The minimum Gasteiger partial charge on any atom is -0.458 e. The number of nitrogens with zero attached hydrogens (tertiary/aromatic N) is 2. The molecule has 172 valence electrons. The Labute approximate surface area is 184 Å². The molecule has 0 aliphatic carbocycles. The minimum absolute atomic E-state index is 0.0272. The molecule has 31 heavy (non-hydrogen) atoms. The standard InChI is InChI=1S/C24H36N2O5/c1-15(2)20(21(28)30-23(3,4)5)25(9)17-11-10-12-18-19(17)16(14-27)13-26(18)22(29)31-24(6,7)8/h10-13,15,20,27H,14H2,1-9H3/t20-/m0/s1. The van der Waals surface area contributed by atoms with Crippen molar-refractivity contribution in [2.45, 2.75) is 79.2 Å². The van der Waals surface area contributed by atoms with E-state index in [0.717, 1.165) is 5.69 Å². The largest absolute Gasteiger partial charge is 0.458 e. The van der Waals surface area contributed by atoms with Crippen molar-refractivity contribution < 1.29 is 24.2 Å². The van der Waals surface area contributed by atoms with Crippen LogP contribution in [0.15, 0.2) is 24.4 Å². The summed E-state index contributed by atoms with van der Waals surface area (Å²) in [6.07, 6.45) is 1.07. The van der Waals surface area contributed by atoms with E-state index in [1.165, 1.54) is 4.57 Å². The molecular formula is C24H36N2O5. The molecule has 1 N–H and O–H groups in total. The van der Waals surface area contributed by atoms with Gasteiger partial charge >= 0.3 is 12.1 Å². The Morgan fingerprint density at radius 2 is 1.65 bits per heavy atom. The molecule has 0 amide bonds. The number of benzene rings is 1. The summed E-state index contributed by atoms with van der Waals surface area (Å²) in [6, 6.07) is 4.96. The minimum atomic E-state index is -0.652. The van der Waals surface area contributed by atoms with Gasteiger partial charge in [-0.2, -0.15) is 0 Å². The quantitative estimate of drug-likeness (QED) is 0.689. The van der Waals surface area contributed by atoms with Gasteiger partial charge in [-0.3, -0.25) is 4.57 Å². The maximum absolute atomic E-state index is 13.0. The predicted octanol–water partition coefficient (Wildman–Crippen LogP) is 4.72. The van der Waals surface area contributed by atoms with Crippen molar-refractivity contribution in [2.24, 2.45) is 5.92 Å². The topological polar surface area (TPSA) is 81.0 Å². The summed E-state index contributed by atoms with van der Waals surface area (Å²) in [5.74, 6) is -0.347. The molecule has 7 nitrogen and oxygen atoms in total. The lowest BCUT2D eigenvalue weighted by molar-refractivity contribution is -0.157. The van der Waals surface area contributed by atoms with Crippen LogP contribution in [-0.2, 0) is 20.9 Å². The van der Waals surface area contributed by atoms with E-state index in [4.69, 9.17) is 9.47 Å². The second-order valence-corrected chi connectivity index (χ2v) is 10.2. The van der Waals surface area contributed by atoms with E-state index in [2.05, 4.69) is 0 Å². The number of anilines is 1. The summed E-state index contributed by atoms with van der Waals surface area (Å²) in [7, 11) is 1.83. The van der Waals surface area contributed by atoms with E-state index in [1.807, 2.05) is 58.7 Å².